The summed E-state index contributed by atoms with van der Waals surface area (Å²) in [5.41, 5.74) is 0.644. The molecule has 0 fully saturated rings. The molecule has 2 atom stereocenters. The van der Waals surface area contributed by atoms with E-state index in [1.165, 1.54) is 11.0 Å². The van der Waals surface area contributed by atoms with E-state index in [1.807, 2.05) is 0 Å². The second-order valence-electron chi connectivity index (χ2n) is 6.64. The summed E-state index contributed by atoms with van der Waals surface area (Å²) < 4.78 is 39.5. The van der Waals surface area contributed by atoms with Crippen LogP contribution in [0.4, 0.5) is 18.9 Å². The van der Waals surface area contributed by atoms with Crippen LogP contribution < -0.4 is 4.90 Å². The van der Waals surface area contributed by atoms with Crippen LogP contribution >= 0.6 is 0 Å². The Morgan fingerprint density at radius 1 is 1.22 bits per heavy atom. The Morgan fingerprint density at radius 3 is 2.48 bits per heavy atom. The molecule has 1 aliphatic rings. The molecule has 1 heterocycles. The number of fused-ring (bicyclic) bond motifs is 1. The quantitative estimate of drug-likeness (QED) is 0.857. The fraction of sp³-hybridized carbons (Fsp3) is 0.300. The van der Waals surface area contributed by atoms with Crippen LogP contribution in [0.5, 0.6) is 0 Å². The minimum atomic E-state index is -4.53. The number of hydrogen-bond acceptors (Lipinski definition) is 2. The zero-order valence-corrected chi connectivity index (χ0v) is 14.5. The number of halogens is 3. The number of carbonyl (C=O) groups excluding carboxylic acids is 1. The van der Waals surface area contributed by atoms with E-state index in [-0.39, 0.29) is 18.5 Å². The third-order valence-corrected chi connectivity index (χ3v) is 4.82. The highest BCUT2D eigenvalue weighted by Gasteiger charge is 2.39. The van der Waals surface area contributed by atoms with Crippen molar-refractivity contribution in [2.75, 3.05) is 4.90 Å². The Kier molecular flexibility index (Phi) is 4.95. The topological polar surface area (TPSA) is 57.6 Å². The van der Waals surface area contributed by atoms with Crippen molar-refractivity contribution in [2.24, 2.45) is 5.92 Å². The molecule has 1 unspecified atom stereocenters. The van der Waals surface area contributed by atoms with E-state index >= 15 is 0 Å². The van der Waals surface area contributed by atoms with Gasteiger partial charge < -0.3 is 10.0 Å². The van der Waals surface area contributed by atoms with Gasteiger partial charge in [-0.15, -0.1) is 0 Å². The molecule has 1 amide bonds. The number of anilines is 1. The predicted molar refractivity (Wildman–Crippen MR) is 93.2 cm³/mol. The van der Waals surface area contributed by atoms with Crippen molar-refractivity contribution >= 4 is 17.6 Å². The fourth-order valence-electron chi connectivity index (χ4n) is 3.46. The summed E-state index contributed by atoms with van der Waals surface area (Å²) in [6.45, 7) is 1.72. The molecule has 7 heteroatoms. The maximum atomic E-state index is 13.2. The van der Waals surface area contributed by atoms with Gasteiger partial charge in [-0.25, -0.2) is 0 Å². The Labute approximate surface area is 154 Å². The molecule has 0 spiro atoms. The summed E-state index contributed by atoms with van der Waals surface area (Å²) in [6, 6.07) is 11.7. The van der Waals surface area contributed by atoms with Crippen LogP contribution in [0.3, 0.4) is 0 Å². The van der Waals surface area contributed by atoms with E-state index < -0.39 is 35.6 Å². The van der Waals surface area contributed by atoms with Gasteiger partial charge in [0, 0.05) is 5.69 Å². The van der Waals surface area contributed by atoms with E-state index in [1.54, 1.807) is 37.3 Å². The van der Waals surface area contributed by atoms with E-state index in [0.29, 0.717) is 5.56 Å². The van der Waals surface area contributed by atoms with Crippen molar-refractivity contribution in [3.63, 3.8) is 0 Å². The van der Waals surface area contributed by atoms with Crippen LogP contribution in [0.15, 0.2) is 48.5 Å². The second-order valence-corrected chi connectivity index (χ2v) is 6.64. The molecule has 4 nitrogen and oxygen atoms in total. The number of carboxylic acid groups (broad SMARTS) is 1. The van der Waals surface area contributed by atoms with Crippen LogP contribution in [0.25, 0.3) is 0 Å². The molecule has 1 N–H and O–H groups in total. The number of benzene rings is 2. The van der Waals surface area contributed by atoms with E-state index in [4.69, 9.17) is 5.11 Å². The lowest BCUT2D eigenvalue weighted by Crippen LogP contribution is -2.43. The van der Waals surface area contributed by atoms with Gasteiger partial charge in [0.25, 0.3) is 0 Å². The molecule has 3 rings (SSSR count). The molecule has 0 radical (unpaired) electrons. The molecule has 0 saturated carbocycles. The largest absolute Gasteiger partial charge is 0.481 e. The van der Waals surface area contributed by atoms with Gasteiger partial charge in [-0.1, -0.05) is 36.4 Å². The number of carboxylic acids is 1. The molecular formula is C20H18F3NO3. The Morgan fingerprint density at radius 2 is 1.89 bits per heavy atom. The average molecular weight is 377 g/mol. The Hall–Kier alpha value is -2.83. The Balaban J connectivity index is 2.10. The van der Waals surface area contributed by atoms with E-state index in [9.17, 15) is 22.8 Å². The first-order valence-corrected chi connectivity index (χ1v) is 8.48. The van der Waals surface area contributed by atoms with Gasteiger partial charge in [0.05, 0.1) is 23.9 Å². The van der Waals surface area contributed by atoms with Crippen molar-refractivity contribution in [1.29, 1.82) is 0 Å². The summed E-state index contributed by atoms with van der Waals surface area (Å²) >= 11 is 0. The highest BCUT2D eigenvalue weighted by atomic mass is 19.4. The van der Waals surface area contributed by atoms with Crippen molar-refractivity contribution in [3.8, 4) is 0 Å². The fourth-order valence-corrected chi connectivity index (χ4v) is 3.46. The highest BCUT2D eigenvalue weighted by molar-refractivity contribution is 6.00. The smallest absolute Gasteiger partial charge is 0.416 e. The Bertz CT molecular complexity index is 865. The molecule has 1 aliphatic heterocycles. The van der Waals surface area contributed by atoms with Crippen molar-refractivity contribution < 1.29 is 27.9 Å². The van der Waals surface area contributed by atoms with Crippen LogP contribution in [0.1, 0.15) is 36.1 Å². The zero-order valence-electron chi connectivity index (χ0n) is 14.5. The molecule has 2 aromatic carbocycles. The summed E-state index contributed by atoms with van der Waals surface area (Å²) in [7, 11) is 0. The van der Waals surface area contributed by atoms with Gasteiger partial charge in [0.15, 0.2) is 0 Å². The zero-order chi connectivity index (χ0) is 19.8. The molecule has 0 aromatic heterocycles. The first-order chi connectivity index (χ1) is 12.7. The van der Waals surface area contributed by atoms with Crippen LogP contribution in [0, 0.1) is 5.92 Å². The van der Waals surface area contributed by atoms with Crippen LogP contribution in [-0.4, -0.2) is 17.0 Å². The maximum Gasteiger partial charge on any atom is 0.416 e. The molecule has 2 aromatic rings. The third-order valence-electron chi connectivity index (χ3n) is 4.82. The number of alkyl halides is 3. The second kappa shape index (κ2) is 7.06. The molecule has 0 aliphatic carbocycles. The average Bonchev–Trinajstić information content (AvgIpc) is 2.61. The van der Waals surface area contributed by atoms with Gasteiger partial charge in [-0.05, 0) is 36.6 Å². The number of amides is 1. The lowest BCUT2D eigenvalue weighted by molar-refractivity contribution is -0.140. The molecule has 142 valence electrons. The van der Waals surface area contributed by atoms with E-state index in [0.717, 1.165) is 17.7 Å². The summed E-state index contributed by atoms with van der Waals surface area (Å²) in [4.78, 5) is 25.4. The molecule has 0 bridgehead atoms. The van der Waals surface area contributed by atoms with Gasteiger partial charge in [0.1, 0.15) is 0 Å². The predicted octanol–water partition coefficient (Wildman–Crippen LogP) is 4.45. The number of rotatable bonds is 4. The molecule has 27 heavy (non-hydrogen) atoms. The van der Waals surface area contributed by atoms with Crippen molar-refractivity contribution in [2.45, 2.75) is 32.0 Å². The number of aliphatic carboxylic acids is 1. The van der Waals surface area contributed by atoms with Gasteiger partial charge in [0.2, 0.25) is 5.91 Å². The molecule has 0 saturated heterocycles. The standard InChI is InChI=1S/C20H18F3NO3/c1-12(13-5-3-2-4-6-13)24-17-11-16(20(21,22)23)8-7-14(17)9-15(19(24)27)10-18(25)26/h2-8,11-12,15H,9-10H2,1H3,(H,25,26)/t12-,15?/m0/s1. The lowest BCUT2D eigenvalue weighted by atomic mass is 9.87. The first-order valence-electron chi connectivity index (χ1n) is 8.48. The lowest BCUT2D eigenvalue weighted by Gasteiger charge is -2.38. The highest BCUT2D eigenvalue weighted by Crippen LogP contribution is 2.41. The molecular weight excluding hydrogens is 359 g/mol. The van der Waals surface area contributed by atoms with Crippen LogP contribution in [0.2, 0.25) is 0 Å². The third kappa shape index (κ3) is 3.82. The SMILES string of the molecule is C[C@@H](c1ccccc1)N1C(=O)C(CC(=O)O)Cc2ccc(C(F)(F)F)cc21. The van der Waals surface area contributed by atoms with Gasteiger partial charge in [-0.2, -0.15) is 13.2 Å². The summed E-state index contributed by atoms with van der Waals surface area (Å²) in [6.07, 6.45) is -4.79. The van der Waals surface area contributed by atoms with Crippen molar-refractivity contribution in [3.05, 3.63) is 65.2 Å². The maximum absolute atomic E-state index is 13.2. The van der Waals surface area contributed by atoms with Gasteiger partial charge >= 0.3 is 12.1 Å². The van der Waals surface area contributed by atoms with Crippen molar-refractivity contribution in [1.82, 2.24) is 0 Å². The van der Waals surface area contributed by atoms with Gasteiger partial charge in [-0.3, -0.25) is 9.59 Å². The monoisotopic (exact) mass is 377 g/mol. The minimum Gasteiger partial charge on any atom is -0.481 e. The van der Waals surface area contributed by atoms with E-state index in [2.05, 4.69) is 0 Å². The summed E-state index contributed by atoms with van der Waals surface area (Å²) in [5.74, 6) is -2.39. The van der Waals surface area contributed by atoms with Crippen LogP contribution in [-0.2, 0) is 22.2 Å². The number of carbonyl (C=O) groups is 2. The normalized spacial score (nSPS) is 18.1. The minimum absolute atomic E-state index is 0.108. The first kappa shape index (κ1) is 18.9. The summed E-state index contributed by atoms with van der Waals surface area (Å²) in [5, 5.41) is 9.10. The number of nitrogens with zero attached hydrogens (tertiary/aromatic N) is 1. The number of hydrogen-bond donors (Lipinski definition) is 1.